The first-order valence-corrected chi connectivity index (χ1v) is 11.3. The minimum absolute atomic E-state index is 0.0374. The third kappa shape index (κ3) is 4.39. The SMILES string of the molecule is CNC(=O)c1ccc(CN(C)C(=O)CCn2cnc3sc4c(c3c2=O)CCCC4)cc1. The molecule has 4 rings (SSSR count). The molecule has 0 saturated heterocycles. The highest BCUT2D eigenvalue weighted by atomic mass is 32.1. The highest BCUT2D eigenvalue weighted by Gasteiger charge is 2.20. The van der Waals surface area contributed by atoms with Gasteiger partial charge in [0.05, 0.1) is 11.7 Å². The molecule has 0 spiro atoms. The molecule has 0 atom stereocenters. The first-order chi connectivity index (χ1) is 15.0. The van der Waals surface area contributed by atoms with E-state index in [-0.39, 0.29) is 23.8 Å². The molecule has 2 aromatic heterocycles. The van der Waals surface area contributed by atoms with E-state index in [9.17, 15) is 14.4 Å². The number of hydrogen-bond donors (Lipinski definition) is 1. The zero-order chi connectivity index (χ0) is 22.0. The van der Waals surface area contributed by atoms with Gasteiger partial charge in [0.2, 0.25) is 5.91 Å². The summed E-state index contributed by atoms with van der Waals surface area (Å²) in [6, 6.07) is 7.18. The van der Waals surface area contributed by atoms with Crippen LogP contribution in [0.4, 0.5) is 0 Å². The first kappa shape index (κ1) is 21.2. The van der Waals surface area contributed by atoms with Crippen LogP contribution in [0.5, 0.6) is 0 Å². The summed E-state index contributed by atoms with van der Waals surface area (Å²) in [7, 11) is 3.34. The van der Waals surface area contributed by atoms with E-state index in [0.29, 0.717) is 18.7 Å². The van der Waals surface area contributed by atoms with Gasteiger partial charge in [-0.15, -0.1) is 11.3 Å². The minimum Gasteiger partial charge on any atom is -0.355 e. The van der Waals surface area contributed by atoms with Crippen LogP contribution < -0.4 is 10.9 Å². The lowest BCUT2D eigenvalue weighted by atomic mass is 9.97. The van der Waals surface area contributed by atoms with Crippen molar-refractivity contribution in [2.45, 2.75) is 45.2 Å². The summed E-state index contributed by atoms with van der Waals surface area (Å²) >= 11 is 1.63. The summed E-state index contributed by atoms with van der Waals surface area (Å²) in [4.78, 5) is 45.5. The Kier molecular flexibility index (Phi) is 6.18. The van der Waals surface area contributed by atoms with Gasteiger partial charge in [-0.3, -0.25) is 19.0 Å². The number of aryl methyl sites for hydroxylation is 3. The second-order valence-electron chi connectivity index (χ2n) is 7.91. The Morgan fingerprint density at radius 3 is 2.68 bits per heavy atom. The van der Waals surface area contributed by atoms with E-state index in [1.165, 1.54) is 16.9 Å². The van der Waals surface area contributed by atoms with Gasteiger partial charge < -0.3 is 10.2 Å². The Morgan fingerprint density at radius 1 is 1.19 bits per heavy atom. The zero-order valence-electron chi connectivity index (χ0n) is 17.8. The Morgan fingerprint density at radius 2 is 1.94 bits per heavy atom. The number of aromatic nitrogens is 2. The number of hydrogen-bond acceptors (Lipinski definition) is 5. The van der Waals surface area contributed by atoms with Crippen molar-refractivity contribution in [3.8, 4) is 0 Å². The third-order valence-corrected chi connectivity index (χ3v) is 7.00. The fourth-order valence-electron chi connectivity index (χ4n) is 4.02. The maximum Gasteiger partial charge on any atom is 0.262 e. The van der Waals surface area contributed by atoms with Crippen molar-refractivity contribution in [2.24, 2.45) is 0 Å². The number of fused-ring (bicyclic) bond motifs is 3. The number of carbonyl (C=O) groups is 2. The Balaban J connectivity index is 1.41. The van der Waals surface area contributed by atoms with Crippen LogP contribution in [0.25, 0.3) is 10.2 Å². The summed E-state index contributed by atoms with van der Waals surface area (Å²) in [5, 5.41) is 3.34. The molecular formula is C23H26N4O3S. The van der Waals surface area contributed by atoms with Crippen LogP contribution in [0.1, 0.15) is 45.6 Å². The molecule has 0 unspecified atom stereocenters. The summed E-state index contributed by atoms with van der Waals surface area (Å²) in [5.41, 5.74) is 2.65. The first-order valence-electron chi connectivity index (χ1n) is 10.5. The van der Waals surface area contributed by atoms with E-state index < -0.39 is 0 Å². The molecule has 1 aliphatic carbocycles. The second-order valence-corrected chi connectivity index (χ2v) is 8.99. The van der Waals surface area contributed by atoms with E-state index in [2.05, 4.69) is 10.3 Å². The van der Waals surface area contributed by atoms with Gasteiger partial charge in [0.1, 0.15) is 4.83 Å². The highest BCUT2D eigenvalue weighted by molar-refractivity contribution is 7.18. The number of nitrogens with one attached hydrogen (secondary N) is 1. The normalized spacial score (nSPS) is 13.1. The number of nitrogens with zero attached hydrogens (tertiary/aromatic N) is 3. The van der Waals surface area contributed by atoms with Crippen LogP contribution in [0.15, 0.2) is 35.4 Å². The van der Waals surface area contributed by atoms with Gasteiger partial charge in [0.25, 0.3) is 11.5 Å². The molecule has 0 fully saturated rings. The minimum atomic E-state index is -0.140. The lowest BCUT2D eigenvalue weighted by molar-refractivity contribution is -0.130. The summed E-state index contributed by atoms with van der Waals surface area (Å²) < 4.78 is 1.56. The van der Waals surface area contributed by atoms with Crippen LogP contribution in [0, 0.1) is 0 Å². The van der Waals surface area contributed by atoms with Crippen molar-refractivity contribution < 1.29 is 9.59 Å². The van der Waals surface area contributed by atoms with Crippen LogP contribution in [0.3, 0.4) is 0 Å². The smallest absolute Gasteiger partial charge is 0.262 e. The molecule has 1 aromatic carbocycles. The standard InChI is InChI=1S/C23H26N4O3S/c1-24-21(29)16-9-7-15(8-10-16)13-26(2)19(28)11-12-27-14-25-22-20(23(27)30)17-5-3-4-6-18(17)31-22/h7-10,14H,3-6,11-13H2,1-2H3,(H,24,29). The van der Waals surface area contributed by atoms with Crippen molar-refractivity contribution in [2.75, 3.05) is 14.1 Å². The molecule has 7 nitrogen and oxygen atoms in total. The molecule has 31 heavy (non-hydrogen) atoms. The molecule has 1 N–H and O–H groups in total. The van der Waals surface area contributed by atoms with Gasteiger partial charge in [-0.25, -0.2) is 4.98 Å². The number of thiophene rings is 1. The molecule has 0 aliphatic heterocycles. The van der Waals surface area contributed by atoms with E-state index in [1.54, 1.807) is 53.4 Å². The number of carbonyl (C=O) groups excluding carboxylic acids is 2. The fraction of sp³-hybridized carbons (Fsp3) is 0.391. The molecule has 162 valence electrons. The maximum atomic E-state index is 13.0. The Labute approximate surface area is 184 Å². The summed E-state index contributed by atoms with van der Waals surface area (Å²) in [6.45, 7) is 0.752. The summed E-state index contributed by atoms with van der Waals surface area (Å²) in [5.74, 6) is -0.186. The zero-order valence-corrected chi connectivity index (χ0v) is 18.6. The number of rotatable bonds is 6. The van der Waals surface area contributed by atoms with E-state index in [1.807, 2.05) is 12.1 Å². The van der Waals surface area contributed by atoms with E-state index in [4.69, 9.17) is 0 Å². The van der Waals surface area contributed by atoms with Crippen molar-refractivity contribution in [3.05, 3.63) is 62.5 Å². The number of amides is 2. The van der Waals surface area contributed by atoms with Gasteiger partial charge in [-0.2, -0.15) is 0 Å². The van der Waals surface area contributed by atoms with Crippen molar-refractivity contribution in [3.63, 3.8) is 0 Å². The van der Waals surface area contributed by atoms with Crippen LogP contribution in [-0.4, -0.2) is 40.4 Å². The molecular weight excluding hydrogens is 412 g/mol. The molecule has 2 amide bonds. The fourth-order valence-corrected chi connectivity index (χ4v) is 5.23. The van der Waals surface area contributed by atoms with Crippen LogP contribution in [-0.2, 0) is 30.7 Å². The van der Waals surface area contributed by atoms with Crippen molar-refractivity contribution >= 4 is 33.4 Å². The van der Waals surface area contributed by atoms with Gasteiger partial charge in [0.15, 0.2) is 0 Å². The predicted octanol–water partition coefficient (Wildman–Crippen LogP) is 2.75. The third-order valence-electron chi connectivity index (χ3n) is 5.80. The van der Waals surface area contributed by atoms with Crippen LogP contribution in [0.2, 0.25) is 0 Å². The quantitative estimate of drug-likeness (QED) is 0.641. The largest absolute Gasteiger partial charge is 0.355 e. The van der Waals surface area contributed by atoms with E-state index in [0.717, 1.165) is 35.0 Å². The lowest BCUT2D eigenvalue weighted by Crippen LogP contribution is -2.29. The molecule has 1 aliphatic rings. The molecule has 0 radical (unpaired) electrons. The molecule has 3 aromatic rings. The second kappa shape index (κ2) is 9.01. The predicted molar refractivity (Wildman–Crippen MR) is 121 cm³/mol. The topological polar surface area (TPSA) is 84.3 Å². The molecule has 0 bridgehead atoms. The molecule has 2 heterocycles. The van der Waals surface area contributed by atoms with Crippen molar-refractivity contribution in [1.82, 2.24) is 19.8 Å². The molecule has 8 heteroatoms. The van der Waals surface area contributed by atoms with Crippen LogP contribution >= 0.6 is 11.3 Å². The average Bonchev–Trinajstić information content (AvgIpc) is 3.17. The lowest BCUT2D eigenvalue weighted by Gasteiger charge is -2.18. The Hall–Kier alpha value is -3.00. The van der Waals surface area contributed by atoms with Gasteiger partial charge in [-0.05, 0) is 48.9 Å². The van der Waals surface area contributed by atoms with Crippen molar-refractivity contribution in [1.29, 1.82) is 0 Å². The highest BCUT2D eigenvalue weighted by Crippen LogP contribution is 2.33. The molecule has 0 saturated carbocycles. The van der Waals surface area contributed by atoms with E-state index >= 15 is 0 Å². The van der Waals surface area contributed by atoms with Gasteiger partial charge >= 0.3 is 0 Å². The summed E-state index contributed by atoms with van der Waals surface area (Å²) in [6.07, 6.45) is 6.05. The maximum absolute atomic E-state index is 13.0. The van der Waals surface area contributed by atoms with Gasteiger partial charge in [-0.1, -0.05) is 12.1 Å². The average molecular weight is 439 g/mol. The number of benzene rings is 1. The van der Waals surface area contributed by atoms with Gasteiger partial charge in [0, 0.05) is 44.0 Å². The Bertz CT molecular complexity index is 1180. The monoisotopic (exact) mass is 438 g/mol.